The van der Waals surface area contributed by atoms with Crippen molar-refractivity contribution in [2.24, 2.45) is 0 Å². The van der Waals surface area contributed by atoms with Crippen molar-refractivity contribution >= 4 is 9.84 Å². The van der Waals surface area contributed by atoms with Gasteiger partial charge in [0.1, 0.15) is 0 Å². The van der Waals surface area contributed by atoms with Gasteiger partial charge in [-0.15, -0.1) is 0 Å². The molecule has 2 heterocycles. The minimum atomic E-state index is -2.83. The fraction of sp³-hybridized carbons (Fsp3) is 1.00. The van der Waals surface area contributed by atoms with Crippen LogP contribution in [0.3, 0.4) is 0 Å². The van der Waals surface area contributed by atoms with Crippen molar-refractivity contribution in [1.82, 2.24) is 10.2 Å². The average molecular weight is 288 g/mol. The first-order valence-corrected chi connectivity index (χ1v) is 9.43. The normalized spacial score (nSPS) is 39.5. The van der Waals surface area contributed by atoms with Crippen molar-refractivity contribution in [3.63, 3.8) is 0 Å². The van der Waals surface area contributed by atoms with E-state index in [4.69, 9.17) is 0 Å². The van der Waals surface area contributed by atoms with Crippen molar-refractivity contribution in [2.75, 3.05) is 24.6 Å². The molecular formula is C14H28N2O2S. The Kier molecular flexibility index (Phi) is 4.58. The molecule has 2 rings (SSSR count). The molecule has 0 aromatic heterocycles. The van der Waals surface area contributed by atoms with E-state index in [1.165, 1.54) is 12.8 Å². The summed E-state index contributed by atoms with van der Waals surface area (Å²) in [7, 11) is -2.83. The van der Waals surface area contributed by atoms with Gasteiger partial charge in [-0.05, 0) is 26.2 Å². The smallest absolute Gasteiger partial charge is 0.152 e. The topological polar surface area (TPSA) is 49.4 Å². The third kappa shape index (κ3) is 3.31. The van der Waals surface area contributed by atoms with Crippen LogP contribution in [-0.4, -0.2) is 55.5 Å². The fourth-order valence-corrected chi connectivity index (χ4v) is 5.80. The van der Waals surface area contributed by atoms with E-state index in [0.29, 0.717) is 23.6 Å². The number of hydrogen-bond acceptors (Lipinski definition) is 4. The molecule has 19 heavy (non-hydrogen) atoms. The molecule has 4 nitrogen and oxygen atoms in total. The number of rotatable bonds is 4. The lowest BCUT2D eigenvalue weighted by molar-refractivity contribution is 0.0311. The van der Waals surface area contributed by atoms with Gasteiger partial charge in [-0.1, -0.05) is 20.3 Å². The van der Waals surface area contributed by atoms with Gasteiger partial charge in [0.05, 0.1) is 11.5 Å². The van der Waals surface area contributed by atoms with Crippen LogP contribution in [0.5, 0.6) is 0 Å². The number of nitrogens with zero attached hydrogens (tertiary/aromatic N) is 1. The third-order valence-electron chi connectivity index (χ3n) is 4.78. The van der Waals surface area contributed by atoms with Crippen molar-refractivity contribution in [3.8, 4) is 0 Å². The molecule has 0 aliphatic carbocycles. The molecule has 2 aliphatic rings. The molecular weight excluding hydrogens is 260 g/mol. The van der Waals surface area contributed by atoms with E-state index < -0.39 is 9.84 Å². The molecule has 112 valence electrons. The van der Waals surface area contributed by atoms with E-state index in [2.05, 4.69) is 31.0 Å². The highest BCUT2D eigenvalue weighted by atomic mass is 32.2. The lowest BCUT2D eigenvalue weighted by Gasteiger charge is -2.48. The molecule has 3 atom stereocenters. The van der Waals surface area contributed by atoms with Gasteiger partial charge in [0, 0.05) is 30.7 Å². The van der Waals surface area contributed by atoms with Crippen LogP contribution in [0.1, 0.15) is 46.5 Å². The molecule has 2 saturated heterocycles. The van der Waals surface area contributed by atoms with E-state index in [1.807, 2.05) is 0 Å². The number of nitrogens with one attached hydrogen (secondary N) is 1. The summed E-state index contributed by atoms with van der Waals surface area (Å²) in [5, 5.41) is 3.62. The van der Waals surface area contributed by atoms with Gasteiger partial charge in [0.25, 0.3) is 0 Å². The average Bonchev–Trinajstić information content (AvgIpc) is 2.65. The first-order valence-electron chi connectivity index (χ1n) is 7.61. The quantitative estimate of drug-likeness (QED) is 0.850. The van der Waals surface area contributed by atoms with Crippen LogP contribution in [0.15, 0.2) is 0 Å². The Labute approximate surface area is 117 Å². The van der Waals surface area contributed by atoms with E-state index in [1.54, 1.807) is 0 Å². The molecule has 2 aliphatic heterocycles. The predicted molar refractivity (Wildman–Crippen MR) is 79.2 cm³/mol. The lowest BCUT2D eigenvalue weighted by atomic mass is 9.92. The largest absolute Gasteiger partial charge is 0.311 e. The first-order chi connectivity index (χ1) is 8.90. The van der Waals surface area contributed by atoms with Gasteiger partial charge in [-0.2, -0.15) is 0 Å². The van der Waals surface area contributed by atoms with Gasteiger partial charge in [-0.25, -0.2) is 8.42 Å². The number of piperazine rings is 1. The van der Waals surface area contributed by atoms with Crippen LogP contribution in [-0.2, 0) is 9.84 Å². The van der Waals surface area contributed by atoms with Crippen LogP contribution in [0.25, 0.3) is 0 Å². The van der Waals surface area contributed by atoms with Crippen LogP contribution < -0.4 is 5.32 Å². The fourth-order valence-electron chi connectivity index (χ4n) is 3.65. The predicted octanol–water partition coefficient (Wildman–Crippen LogP) is 1.42. The zero-order chi connectivity index (χ0) is 14.1. The first kappa shape index (κ1) is 15.3. The second kappa shape index (κ2) is 5.70. The molecule has 0 aromatic rings. The summed E-state index contributed by atoms with van der Waals surface area (Å²) < 4.78 is 23.7. The molecule has 0 radical (unpaired) electrons. The Bertz CT molecular complexity index is 410. The van der Waals surface area contributed by atoms with Gasteiger partial charge < -0.3 is 5.32 Å². The molecule has 3 unspecified atom stereocenters. The molecule has 1 N–H and O–H groups in total. The summed E-state index contributed by atoms with van der Waals surface area (Å²) in [4.78, 5) is 2.49. The Morgan fingerprint density at radius 2 is 2.11 bits per heavy atom. The highest BCUT2D eigenvalue weighted by Gasteiger charge is 2.46. The second-order valence-electron chi connectivity index (χ2n) is 6.45. The van der Waals surface area contributed by atoms with Crippen LogP contribution >= 0.6 is 0 Å². The highest BCUT2D eigenvalue weighted by molar-refractivity contribution is 7.91. The van der Waals surface area contributed by atoms with Crippen molar-refractivity contribution in [3.05, 3.63) is 0 Å². The summed E-state index contributed by atoms with van der Waals surface area (Å²) in [5.74, 6) is 0.706. The maximum absolute atomic E-state index is 11.8. The van der Waals surface area contributed by atoms with E-state index >= 15 is 0 Å². The van der Waals surface area contributed by atoms with Gasteiger partial charge in [-0.3, -0.25) is 4.90 Å². The minimum absolute atomic E-state index is 0.145. The standard InChI is InChI=1S/C14H28N2O2S/c1-4-6-12-10-16(13(5-2)9-15-12)14(3)7-8-19(17,18)11-14/h12-13,15H,4-11H2,1-3H3. The Hall–Kier alpha value is -0.130. The highest BCUT2D eigenvalue weighted by Crippen LogP contribution is 2.33. The molecule has 2 fully saturated rings. The maximum atomic E-state index is 11.8. The molecule has 0 spiro atoms. The number of sulfone groups is 1. The SMILES string of the molecule is CCCC1CN(C2(C)CCS(=O)(=O)C2)C(CC)CN1. The molecule has 0 amide bonds. The maximum Gasteiger partial charge on any atom is 0.152 e. The molecule has 0 bridgehead atoms. The molecule has 0 aromatic carbocycles. The third-order valence-corrected chi connectivity index (χ3v) is 6.67. The van der Waals surface area contributed by atoms with E-state index in [-0.39, 0.29) is 5.54 Å². The number of hydrogen-bond donors (Lipinski definition) is 1. The minimum Gasteiger partial charge on any atom is -0.311 e. The Balaban J connectivity index is 2.14. The van der Waals surface area contributed by atoms with Gasteiger partial charge in [0.2, 0.25) is 0 Å². The summed E-state index contributed by atoms with van der Waals surface area (Å²) in [5.41, 5.74) is -0.145. The Morgan fingerprint density at radius 1 is 1.37 bits per heavy atom. The van der Waals surface area contributed by atoms with Gasteiger partial charge >= 0.3 is 0 Å². The van der Waals surface area contributed by atoms with Crippen molar-refractivity contribution in [2.45, 2.75) is 64.1 Å². The zero-order valence-electron chi connectivity index (χ0n) is 12.5. The van der Waals surface area contributed by atoms with Crippen molar-refractivity contribution in [1.29, 1.82) is 0 Å². The lowest BCUT2D eigenvalue weighted by Crippen LogP contribution is -2.63. The summed E-state index contributed by atoms with van der Waals surface area (Å²) in [6.45, 7) is 8.55. The summed E-state index contributed by atoms with van der Waals surface area (Å²) >= 11 is 0. The Morgan fingerprint density at radius 3 is 2.63 bits per heavy atom. The van der Waals surface area contributed by atoms with Crippen molar-refractivity contribution < 1.29 is 8.42 Å². The second-order valence-corrected chi connectivity index (χ2v) is 8.63. The summed E-state index contributed by atoms with van der Waals surface area (Å²) in [6, 6.07) is 0.999. The monoisotopic (exact) mass is 288 g/mol. The molecule has 5 heteroatoms. The van der Waals surface area contributed by atoms with Crippen LogP contribution in [0.2, 0.25) is 0 Å². The van der Waals surface area contributed by atoms with E-state index in [0.717, 1.165) is 25.9 Å². The zero-order valence-corrected chi connectivity index (χ0v) is 13.3. The van der Waals surface area contributed by atoms with Crippen LogP contribution in [0, 0.1) is 0 Å². The van der Waals surface area contributed by atoms with Crippen LogP contribution in [0.4, 0.5) is 0 Å². The molecule has 0 saturated carbocycles. The van der Waals surface area contributed by atoms with E-state index in [9.17, 15) is 8.42 Å². The van der Waals surface area contributed by atoms with Gasteiger partial charge in [0.15, 0.2) is 9.84 Å². The summed E-state index contributed by atoms with van der Waals surface area (Å²) in [6.07, 6.45) is 4.24.